The number of thioether (sulfide) groups is 1. The lowest BCUT2D eigenvalue weighted by molar-refractivity contribution is -0.120. The van der Waals surface area contributed by atoms with Gasteiger partial charge in [-0.2, -0.15) is 5.10 Å². The number of rotatable bonds is 9. The lowest BCUT2D eigenvalue weighted by atomic mass is 10.1. The third-order valence-electron chi connectivity index (χ3n) is 5.50. The summed E-state index contributed by atoms with van der Waals surface area (Å²) in [5.74, 6) is 2.15. The summed E-state index contributed by atoms with van der Waals surface area (Å²) in [5.41, 5.74) is 1.66. The Kier molecular flexibility index (Phi) is 6.99. The number of ether oxygens (including phenoxy) is 2. The van der Waals surface area contributed by atoms with Gasteiger partial charge in [-0.15, -0.1) is 0 Å². The standard InChI is InChI=1S/C22H28N6O3S/c1-30-17-7-6-15(12-18(17)31-2)13-19(29)23-8-11-28-21-16(14-24-28)20(25-22(26-21)32-3)27-9-4-5-10-27/h6-7,12,14H,4-5,8-11,13H2,1-3H3,(H,23,29). The molecule has 0 bridgehead atoms. The second-order valence-corrected chi connectivity index (χ2v) is 8.32. The van der Waals surface area contributed by atoms with Crippen molar-refractivity contribution in [3.8, 4) is 11.5 Å². The number of amides is 1. The number of methoxy groups -OCH3 is 2. The van der Waals surface area contributed by atoms with Gasteiger partial charge in [-0.05, 0) is 36.8 Å². The molecule has 1 aromatic carbocycles. The highest BCUT2D eigenvalue weighted by atomic mass is 32.2. The highest BCUT2D eigenvalue weighted by Gasteiger charge is 2.20. The number of nitrogens with one attached hydrogen (secondary N) is 1. The summed E-state index contributed by atoms with van der Waals surface area (Å²) >= 11 is 1.53. The van der Waals surface area contributed by atoms with Gasteiger partial charge in [-0.1, -0.05) is 17.8 Å². The lowest BCUT2D eigenvalue weighted by Crippen LogP contribution is -2.29. The molecule has 1 fully saturated rings. The lowest BCUT2D eigenvalue weighted by Gasteiger charge is -2.17. The number of fused-ring (bicyclic) bond motifs is 1. The summed E-state index contributed by atoms with van der Waals surface area (Å²) in [4.78, 5) is 24.2. The summed E-state index contributed by atoms with van der Waals surface area (Å²) in [6.07, 6.45) is 6.43. The Morgan fingerprint density at radius 2 is 1.94 bits per heavy atom. The van der Waals surface area contributed by atoms with Crippen LogP contribution in [0.3, 0.4) is 0 Å². The van der Waals surface area contributed by atoms with E-state index in [1.54, 1.807) is 20.3 Å². The maximum atomic E-state index is 12.4. The molecule has 3 aromatic rings. The molecular weight excluding hydrogens is 428 g/mol. The molecule has 0 saturated carbocycles. The van der Waals surface area contributed by atoms with E-state index in [-0.39, 0.29) is 12.3 Å². The summed E-state index contributed by atoms with van der Waals surface area (Å²) in [6.45, 7) is 3.01. The highest BCUT2D eigenvalue weighted by molar-refractivity contribution is 7.98. The van der Waals surface area contributed by atoms with Crippen LogP contribution in [0.2, 0.25) is 0 Å². The highest BCUT2D eigenvalue weighted by Crippen LogP contribution is 2.29. The smallest absolute Gasteiger partial charge is 0.224 e. The van der Waals surface area contributed by atoms with Gasteiger partial charge < -0.3 is 19.7 Å². The Bertz CT molecular complexity index is 1100. The average Bonchev–Trinajstić information content (AvgIpc) is 3.49. The molecule has 170 valence electrons. The Hall–Kier alpha value is -3.01. The summed E-state index contributed by atoms with van der Waals surface area (Å²) < 4.78 is 12.4. The fourth-order valence-corrected chi connectivity index (χ4v) is 4.24. The first-order chi connectivity index (χ1) is 15.6. The molecule has 0 radical (unpaired) electrons. The number of carbonyl (C=O) groups excluding carboxylic acids is 1. The third-order valence-corrected chi connectivity index (χ3v) is 6.05. The van der Waals surface area contributed by atoms with Gasteiger partial charge in [0.1, 0.15) is 5.82 Å². The summed E-state index contributed by atoms with van der Waals surface area (Å²) in [5, 5.41) is 9.18. The minimum absolute atomic E-state index is 0.0640. The van der Waals surface area contributed by atoms with Crippen LogP contribution in [0.5, 0.6) is 11.5 Å². The molecule has 0 spiro atoms. The van der Waals surface area contributed by atoms with Crippen molar-refractivity contribution < 1.29 is 14.3 Å². The quantitative estimate of drug-likeness (QED) is 0.388. The summed E-state index contributed by atoms with van der Waals surface area (Å²) in [7, 11) is 3.17. The zero-order chi connectivity index (χ0) is 22.5. The molecule has 3 heterocycles. The first-order valence-corrected chi connectivity index (χ1v) is 11.9. The molecule has 1 N–H and O–H groups in total. The first-order valence-electron chi connectivity index (χ1n) is 10.6. The number of hydrogen-bond donors (Lipinski definition) is 1. The van der Waals surface area contributed by atoms with Crippen molar-refractivity contribution in [2.75, 3.05) is 45.0 Å². The molecule has 0 aliphatic carbocycles. The second kappa shape index (κ2) is 10.1. The van der Waals surface area contributed by atoms with E-state index in [4.69, 9.17) is 14.5 Å². The zero-order valence-electron chi connectivity index (χ0n) is 18.6. The van der Waals surface area contributed by atoms with E-state index in [1.807, 2.05) is 29.3 Å². The number of aromatic nitrogens is 4. The van der Waals surface area contributed by atoms with Crippen LogP contribution < -0.4 is 19.7 Å². The molecule has 10 heteroatoms. The predicted octanol–water partition coefficient (Wildman–Crippen LogP) is 2.52. The second-order valence-electron chi connectivity index (χ2n) is 7.55. The fraction of sp³-hybridized carbons (Fsp3) is 0.455. The zero-order valence-corrected chi connectivity index (χ0v) is 19.4. The molecular formula is C22H28N6O3S. The fourth-order valence-electron chi connectivity index (χ4n) is 3.89. The predicted molar refractivity (Wildman–Crippen MR) is 125 cm³/mol. The number of anilines is 1. The topological polar surface area (TPSA) is 94.4 Å². The SMILES string of the molecule is COc1ccc(CC(=O)NCCn2ncc3c(N4CCCC4)nc(SC)nc32)cc1OC. The van der Waals surface area contributed by atoms with Crippen molar-refractivity contribution in [2.24, 2.45) is 0 Å². The van der Waals surface area contributed by atoms with E-state index in [0.717, 1.165) is 40.7 Å². The molecule has 2 aromatic heterocycles. The molecule has 0 unspecified atom stereocenters. The number of hydrogen-bond acceptors (Lipinski definition) is 8. The van der Waals surface area contributed by atoms with Gasteiger partial charge in [0.15, 0.2) is 22.3 Å². The van der Waals surface area contributed by atoms with Gasteiger partial charge in [0.2, 0.25) is 5.91 Å². The minimum atomic E-state index is -0.0640. The molecule has 1 saturated heterocycles. The van der Waals surface area contributed by atoms with Crippen LogP contribution >= 0.6 is 11.8 Å². The van der Waals surface area contributed by atoms with Crippen LogP contribution in [0.25, 0.3) is 11.0 Å². The van der Waals surface area contributed by atoms with Crippen molar-refractivity contribution in [1.29, 1.82) is 0 Å². The van der Waals surface area contributed by atoms with Gasteiger partial charge in [-0.25, -0.2) is 14.6 Å². The van der Waals surface area contributed by atoms with Crippen molar-refractivity contribution in [3.63, 3.8) is 0 Å². The van der Waals surface area contributed by atoms with E-state index in [9.17, 15) is 4.79 Å². The van der Waals surface area contributed by atoms with Crippen LogP contribution in [-0.4, -0.2) is 65.8 Å². The van der Waals surface area contributed by atoms with E-state index >= 15 is 0 Å². The normalized spacial score (nSPS) is 13.5. The number of carbonyl (C=O) groups is 1. The number of nitrogens with zero attached hydrogens (tertiary/aromatic N) is 5. The van der Waals surface area contributed by atoms with Gasteiger partial charge in [0.25, 0.3) is 0 Å². The van der Waals surface area contributed by atoms with E-state index in [0.29, 0.717) is 24.6 Å². The molecule has 1 amide bonds. The maximum absolute atomic E-state index is 12.4. The van der Waals surface area contributed by atoms with Crippen molar-refractivity contribution in [3.05, 3.63) is 30.0 Å². The molecule has 32 heavy (non-hydrogen) atoms. The molecule has 1 aliphatic heterocycles. The van der Waals surface area contributed by atoms with Crippen LogP contribution in [0.15, 0.2) is 29.6 Å². The summed E-state index contributed by atoms with van der Waals surface area (Å²) in [6, 6.07) is 5.49. The minimum Gasteiger partial charge on any atom is -0.493 e. The van der Waals surface area contributed by atoms with E-state index in [1.165, 1.54) is 24.6 Å². The first kappa shape index (κ1) is 22.2. The van der Waals surface area contributed by atoms with Gasteiger partial charge in [0, 0.05) is 19.6 Å². The van der Waals surface area contributed by atoms with Crippen molar-refractivity contribution in [1.82, 2.24) is 25.1 Å². The van der Waals surface area contributed by atoms with Gasteiger partial charge >= 0.3 is 0 Å². The van der Waals surface area contributed by atoms with Gasteiger partial charge in [-0.3, -0.25) is 4.79 Å². The van der Waals surface area contributed by atoms with Crippen LogP contribution in [0, 0.1) is 0 Å². The Morgan fingerprint density at radius 1 is 1.16 bits per heavy atom. The van der Waals surface area contributed by atoms with E-state index < -0.39 is 0 Å². The number of benzene rings is 1. The van der Waals surface area contributed by atoms with Gasteiger partial charge in [0.05, 0.1) is 38.8 Å². The largest absolute Gasteiger partial charge is 0.493 e. The van der Waals surface area contributed by atoms with Crippen LogP contribution in [0.1, 0.15) is 18.4 Å². The molecule has 4 rings (SSSR count). The van der Waals surface area contributed by atoms with Crippen LogP contribution in [0.4, 0.5) is 5.82 Å². The molecule has 9 nitrogen and oxygen atoms in total. The molecule has 1 aliphatic rings. The Balaban J connectivity index is 1.41. The van der Waals surface area contributed by atoms with Crippen molar-refractivity contribution in [2.45, 2.75) is 31.0 Å². The van der Waals surface area contributed by atoms with Crippen LogP contribution in [-0.2, 0) is 17.8 Å². The maximum Gasteiger partial charge on any atom is 0.224 e. The van der Waals surface area contributed by atoms with Crippen molar-refractivity contribution >= 4 is 34.5 Å². The van der Waals surface area contributed by atoms with E-state index in [2.05, 4.69) is 20.3 Å². The Labute approximate surface area is 191 Å². The molecule has 0 atom stereocenters. The monoisotopic (exact) mass is 456 g/mol. The third kappa shape index (κ3) is 4.74. The Morgan fingerprint density at radius 3 is 2.66 bits per heavy atom. The average molecular weight is 457 g/mol.